The van der Waals surface area contributed by atoms with E-state index in [4.69, 9.17) is 0 Å². The van der Waals surface area contributed by atoms with Crippen LogP contribution in [-0.4, -0.2) is 25.1 Å². The molecule has 0 bridgehead atoms. The minimum atomic E-state index is 0. The fourth-order valence-corrected chi connectivity index (χ4v) is 0.626. The molecule has 0 radical (unpaired) electrons. The Morgan fingerprint density at radius 3 is 2.50 bits per heavy atom. The molecule has 0 atom stereocenters. The molecular formula is C5H12NRfS-. The molecule has 0 amide bonds. The maximum atomic E-state index is 4.14. The van der Waals surface area contributed by atoms with Gasteiger partial charge in [0.2, 0.25) is 0 Å². The zero-order valence-corrected chi connectivity index (χ0v) is 12.9. The van der Waals surface area contributed by atoms with Crippen LogP contribution in [0.3, 0.4) is 0 Å². The number of rotatable bonds is 4. The van der Waals surface area contributed by atoms with Gasteiger partial charge in [-0.2, -0.15) is 18.3 Å². The molecule has 0 spiro atoms. The van der Waals surface area contributed by atoms with Crippen LogP contribution in [0, 0.1) is 0 Å². The van der Waals surface area contributed by atoms with Crippen LogP contribution in [0.25, 0.3) is 5.32 Å². The monoisotopic (exact) mass is 385 g/mol. The van der Waals surface area contributed by atoms with Crippen LogP contribution in [0.5, 0.6) is 0 Å². The van der Waals surface area contributed by atoms with Gasteiger partial charge in [-0.15, -0.1) is 6.54 Å². The first-order valence-electron chi connectivity index (χ1n) is 2.54. The van der Waals surface area contributed by atoms with E-state index < -0.39 is 0 Å². The molecule has 0 aliphatic carbocycles. The molecule has 0 heterocycles. The summed E-state index contributed by atoms with van der Waals surface area (Å²) >= 11 is 1.85. The minimum absolute atomic E-state index is 0. The van der Waals surface area contributed by atoms with Crippen molar-refractivity contribution >= 4 is 11.8 Å². The van der Waals surface area contributed by atoms with Crippen LogP contribution in [-0.2, 0) is 0 Å². The van der Waals surface area contributed by atoms with Gasteiger partial charge in [0.25, 0.3) is 0 Å². The fourth-order valence-electron chi connectivity index (χ4n) is 0.314. The maximum Gasteiger partial charge on any atom is 0 e. The van der Waals surface area contributed by atoms with E-state index in [0.29, 0.717) is 0 Å². The molecule has 46 valence electrons. The van der Waals surface area contributed by atoms with Gasteiger partial charge in [-0.25, -0.2) is 0 Å². The summed E-state index contributed by atoms with van der Waals surface area (Å²) in [7, 11) is 0. The summed E-state index contributed by atoms with van der Waals surface area (Å²) in [4.78, 5) is 0. The van der Waals surface area contributed by atoms with Crippen molar-refractivity contribution in [3.8, 4) is 0 Å². The smallest absolute Gasteiger partial charge is 0 e. The van der Waals surface area contributed by atoms with Crippen LogP contribution in [0.15, 0.2) is 0 Å². The molecule has 0 saturated heterocycles. The van der Waals surface area contributed by atoms with Gasteiger partial charge in [0.05, 0.1) is 0 Å². The predicted molar refractivity (Wildman–Crippen MR) is 37.1 cm³/mol. The quantitative estimate of drug-likeness (QED) is 0.673. The molecule has 0 aliphatic rings. The third kappa shape index (κ3) is 9.00. The average Bonchev–Trinajstić information content (AvgIpc) is 1.69. The van der Waals surface area contributed by atoms with Gasteiger partial charge in [0.15, 0.2) is 0 Å². The van der Waals surface area contributed by atoms with Crippen molar-refractivity contribution in [2.45, 2.75) is 6.92 Å². The molecule has 0 fully saturated rings. The second kappa shape index (κ2) is 9.58. The Balaban J connectivity index is 0. The molecule has 3 heteroatoms. The molecule has 0 unspecified atom stereocenters. The molecule has 0 rings (SSSR count). The minimum Gasteiger partial charge on any atom is -0.662 e. The average molecular weight is 385 g/mol. The van der Waals surface area contributed by atoms with Crippen LogP contribution in [0.4, 0.5) is 0 Å². The van der Waals surface area contributed by atoms with Crippen molar-refractivity contribution in [1.82, 2.24) is 0 Å². The van der Waals surface area contributed by atoms with E-state index in [9.17, 15) is 0 Å². The van der Waals surface area contributed by atoms with Crippen molar-refractivity contribution in [2.24, 2.45) is 0 Å². The van der Waals surface area contributed by atoms with Crippen molar-refractivity contribution < 1.29 is 0 Å². The SMILES string of the molecule is CC[N-]CCSC.[Rf]. The maximum absolute atomic E-state index is 4.14. The Bertz CT molecular complexity index is 31.6. The van der Waals surface area contributed by atoms with E-state index in [1.807, 2.05) is 11.8 Å². The topological polar surface area (TPSA) is 14.1 Å². The summed E-state index contributed by atoms with van der Waals surface area (Å²) < 4.78 is 0. The molecule has 8 heavy (non-hydrogen) atoms. The first-order chi connectivity index (χ1) is 3.41. The molecule has 0 N–H and O–H groups in total. The Hall–Kier alpha value is -0.690. The van der Waals surface area contributed by atoms with Gasteiger partial charge in [-0.05, 0) is 12.0 Å². The molecular weight excluding hydrogens is 373 g/mol. The summed E-state index contributed by atoms with van der Waals surface area (Å²) in [6.07, 6.45) is 2.10. The number of hydrogen-bond acceptors (Lipinski definition) is 1. The molecule has 0 aliphatic heterocycles. The van der Waals surface area contributed by atoms with Crippen LogP contribution in [0.1, 0.15) is 6.92 Å². The van der Waals surface area contributed by atoms with E-state index in [1.165, 1.54) is 5.75 Å². The largest absolute Gasteiger partial charge is 0.662 e. The van der Waals surface area contributed by atoms with Gasteiger partial charge >= 0.3 is 0 Å². The molecule has 0 saturated carbocycles. The molecule has 0 aromatic carbocycles. The van der Waals surface area contributed by atoms with E-state index in [2.05, 4.69) is 18.5 Å². The molecule has 0 aromatic rings. The van der Waals surface area contributed by atoms with Gasteiger partial charge in [-0.3, -0.25) is 0 Å². The second-order valence-electron chi connectivity index (χ2n) is 1.26. The first kappa shape index (κ1) is 10.3. The zero-order chi connectivity index (χ0) is 5.54. The number of thioether (sulfide) groups is 1. The third-order valence-corrected chi connectivity index (χ3v) is 1.27. The molecule has 1 nitrogen and oxygen atoms in total. The summed E-state index contributed by atoms with van der Waals surface area (Å²) in [5.41, 5.74) is 0. The Kier molecular flexibility index (Phi) is 12.4. The predicted octanol–water partition coefficient (Wildman–Crippen LogP) is 1.74. The van der Waals surface area contributed by atoms with E-state index in [1.54, 1.807) is 0 Å². The van der Waals surface area contributed by atoms with Gasteiger partial charge < -0.3 is 5.32 Å². The van der Waals surface area contributed by atoms with Crippen molar-refractivity contribution in [1.29, 1.82) is 0 Å². The van der Waals surface area contributed by atoms with E-state index in [0.717, 1.165) is 13.1 Å². The van der Waals surface area contributed by atoms with Crippen LogP contribution in [0.2, 0.25) is 0 Å². The second-order valence-corrected chi connectivity index (χ2v) is 2.24. The Morgan fingerprint density at radius 2 is 2.12 bits per heavy atom. The first-order valence-corrected chi connectivity index (χ1v) is 3.93. The van der Waals surface area contributed by atoms with Crippen molar-refractivity contribution in [2.75, 3.05) is 25.1 Å². The Morgan fingerprint density at radius 1 is 1.50 bits per heavy atom. The van der Waals surface area contributed by atoms with Crippen LogP contribution < -0.4 is 0 Å². The number of nitrogens with zero attached hydrogens (tertiary/aromatic N) is 1. The Labute approximate surface area is 49.9 Å². The van der Waals surface area contributed by atoms with Gasteiger partial charge in [0, 0.05) is 0 Å². The third-order valence-electron chi connectivity index (χ3n) is 0.677. The van der Waals surface area contributed by atoms with Crippen molar-refractivity contribution in [3.05, 3.63) is 5.32 Å². The van der Waals surface area contributed by atoms with Gasteiger partial charge in [0.1, 0.15) is 0 Å². The summed E-state index contributed by atoms with van der Waals surface area (Å²) in [5.74, 6) is 1.17. The summed E-state index contributed by atoms with van der Waals surface area (Å²) in [6, 6.07) is 0. The summed E-state index contributed by atoms with van der Waals surface area (Å²) in [6.45, 7) is 4.07. The summed E-state index contributed by atoms with van der Waals surface area (Å²) in [5, 5.41) is 4.14. The molecule has 0 aromatic heterocycles. The van der Waals surface area contributed by atoms with Crippen LogP contribution >= 0.6 is 11.8 Å². The van der Waals surface area contributed by atoms with Crippen molar-refractivity contribution in [3.63, 3.8) is 0 Å². The van der Waals surface area contributed by atoms with E-state index >= 15 is 0 Å². The fraction of sp³-hybridized carbons (Fsp3) is 1.00. The number of hydrogen-bond donors (Lipinski definition) is 0. The zero-order valence-electron chi connectivity index (χ0n) is 5.68. The normalized spacial score (nSPS) is 8.25. The standard InChI is InChI=1S/C5H12NS.Rf/c1-3-6-4-5-7-2;/h3-5H2,1-2H3;/q-1;. The van der Waals surface area contributed by atoms with Gasteiger partial charge in [-0.1, -0.05) is 6.92 Å². The van der Waals surface area contributed by atoms with E-state index in [-0.39, 0.29) is 0 Å².